The van der Waals surface area contributed by atoms with E-state index in [9.17, 15) is 31.9 Å². The fourth-order valence-electron chi connectivity index (χ4n) is 2.43. The molecule has 28 heavy (non-hydrogen) atoms. The number of nitrogens with one attached hydrogen (secondary N) is 1. The predicted molar refractivity (Wildman–Crippen MR) is 85.8 cm³/mol. The van der Waals surface area contributed by atoms with Crippen molar-refractivity contribution in [3.63, 3.8) is 0 Å². The van der Waals surface area contributed by atoms with Crippen LogP contribution in [0.4, 0.5) is 26.7 Å². The van der Waals surface area contributed by atoms with Crippen LogP contribution in [-0.2, 0) is 6.42 Å². The molecule has 0 saturated carbocycles. The first kappa shape index (κ1) is 21.4. The summed E-state index contributed by atoms with van der Waals surface area (Å²) in [6.07, 6.45) is -10.9. The third-order valence-electron chi connectivity index (χ3n) is 3.64. The van der Waals surface area contributed by atoms with Crippen molar-refractivity contribution in [1.29, 1.82) is 0 Å². The van der Waals surface area contributed by atoms with Gasteiger partial charge in [-0.05, 0) is 41.8 Å². The number of nitrogens with zero attached hydrogens (tertiary/aromatic N) is 1. The summed E-state index contributed by atoms with van der Waals surface area (Å²) in [6, 6.07) is 5.63. The highest BCUT2D eigenvalue weighted by Gasteiger charge is 2.44. The molecule has 152 valence electrons. The SMILES string of the molecule is O=C(O)N[C@H](Cc1cccc(OC(F)(F)C(F)F)c1)[C@H](O)c1ccnc(F)c1. The molecule has 0 aliphatic heterocycles. The second-order valence-electron chi connectivity index (χ2n) is 5.73. The van der Waals surface area contributed by atoms with Crippen LogP contribution in [0.3, 0.4) is 0 Å². The molecule has 2 atom stereocenters. The van der Waals surface area contributed by atoms with Crippen LogP contribution >= 0.6 is 0 Å². The lowest BCUT2D eigenvalue weighted by Crippen LogP contribution is -2.40. The van der Waals surface area contributed by atoms with Gasteiger partial charge < -0.3 is 20.3 Å². The third kappa shape index (κ3) is 5.78. The van der Waals surface area contributed by atoms with Crippen LogP contribution in [0, 0.1) is 5.95 Å². The van der Waals surface area contributed by atoms with Gasteiger partial charge >= 0.3 is 18.6 Å². The quantitative estimate of drug-likeness (QED) is 0.462. The van der Waals surface area contributed by atoms with E-state index in [1.165, 1.54) is 18.2 Å². The van der Waals surface area contributed by atoms with Crippen LogP contribution in [0.25, 0.3) is 0 Å². The van der Waals surface area contributed by atoms with Gasteiger partial charge in [0.15, 0.2) is 0 Å². The standard InChI is InChI=1S/C17H15F5N2O4/c18-13-8-10(4-5-23-13)14(25)12(24-16(26)27)7-9-2-1-3-11(6-9)28-17(21,22)15(19)20/h1-6,8,12,14-15,24-25H,7H2,(H,26,27)/t12-,14-/m1/s1. The number of benzene rings is 1. The monoisotopic (exact) mass is 406 g/mol. The fraction of sp³-hybridized carbons (Fsp3) is 0.294. The lowest BCUT2D eigenvalue weighted by Gasteiger charge is -2.24. The number of hydrogen-bond acceptors (Lipinski definition) is 4. The number of ether oxygens (including phenoxy) is 1. The zero-order chi connectivity index (χ0) is 20.9. The summed E-state index contributed by atoms with van der Waals surface area (Å²) in [4.78, 5) is 14.3. The average molecular weight is 406 g/mol. The molecular weight excluding hydrogens is 391 g/mol. The van der Waals surface area contributed by atoms with Gasteiger partial charge in [-0.25, -0.2) is 9.78 Å². The van der Waals surface area contributed by atoms with Crippen LogP contribution in [-0.4, -0.2) is 39.9 Å². The molecule has 2 aromatic rings. The number of aromatic nitrogens is 1. The summed E-state index contributed by atoms with van der Waals surface area (Å²) < 4.78 is 67.8. The van der Waals surface area contributed by atoms with Crippen molar-refractivity contribution in [3.05, 3.63) is 59.7 Å². The lowest BCUT2D eigenvalue weighted by atomic mass is 9.96. The van der Waals surface area contributed by atoms with Gasteiger partial charge in [0.05, 0.1) is 12.1 Å². The highest BCUT2D eigenvalue weighted by atomic mass is 19.3. The van der Waals surface area contributed by atoms with E-state index in [0.717, 1.165) is 24.4 Å². The molecule has 0 fully saturated rings. The second-order valence-corrected chi connectivity index (χ2v) is 5.73. The van der Waals surface area contributed by atoms with Crippen molar-refractivity contribution in [2.75, 3.05) is 0 Å². The van der Waals surface area contributed by atoms with Crippen molar-refractivity contribution in [2.45, 2.75) is 31.1 Å². The molecule has 0 aliphatic carbocycles. The summed E-state index contributed by atoms with van der Waals surface area (Å²) in [5, 5.41) is 21.4. The Morgan fingerprint density at radius 3 is 2.57 bits per heavy atom. The summed E-state index contributed by atoms with van der Waals surface area (Å²) in [5.74, 6) is -1.46. The Bertz CT molecular complexity index is 822. The molecule has 1 aromatic carbocycles. The summed E-state index contributed by atoms with van der Waals surface area (Å²) in [5.41, 5.74) is 0.234. The number of hydrogen-bond donors (Lipinski definition) is 3. The van der Waals surface area contributed by atoms with Gasteiger partial charge in [-0.3, -0.25) is 0 Å². The van der Waals surface area contributed by atoms with E-state index in [1.807, 2.05) is 5.32 Å². The molecule has 1 aromatic heterocycles. The second kappa shape index (κ2) is 8.83. The minimum Gasteiger partial charge on any atom is -0.465 e. The Morgan fingerprint density at radius 2 is 1.96 bits per heavy atom. The molecular formula is C17H15F5N2O4. The maximum absolute atomic E-state index is 13.2. The van der Waals surface area contributed by atoms with Crippen LogP contribution in [0.15, 0.2) is 42.6 Å². The van der Waals surface area contributed by atoms with Crippen molar-refractivity contribution < 1.29 is 41.7 Å². The first-order valence-corrected chi connectivity index (χ1v) is 7.81. The highest BCUT2D eigenvalue weighted by Crippen LogP contribution is 2.29. The number of halogens is 5. The van der Waals surface area contributed by atoms with E-state index in [4.69, 9.17) is 5.11 Å². The molecule has 0 radical (unpaired) electrons. The molecule has 1 amide bonds. The fourth-order valence-corrected chi connectivity index (χ4v) is 2.43. The molecule has 1 heterocycles. The zero-order valence-corrected chi connectivity index (χ0v) is 14.0. The Balaban J connectivity index is 2.22. The Labute approximate surface area is 155 Å². The first-order valence-electron chi connectivity index (χ1n) is 7.81. The Kier molecular flexibility index (Phi) is 6.73. The number of aliphatic hydroxyl groups excluding tert-OH is 1. The van der Waals surface area contributed by atoms with Crippen LogP contribution in [0.2, 0.25) is 0 Å². The first-order chi connectivity index (χ1) is 13.1. The normalized spacial score (nSPS) is 13.8. The largest absolute Gasteiger partial charge is 0.465 e. The van der Waals surface area contributed by atoms with Gasteiger partial charge in [0.25, 0.3) is 0 Å². The van der Waals surface area contributed by atoms with Crippen molar-refractivity contribution in [1.82, 2.24) is 10.3 Å². The topological polar surface area (TPSA) is 91.7 Å². The number of alkyl halides is 4. The minimum atomic E-state index is -4.70. The summed E-state index contributed by atoms with van der Waals surface area (Å²) >= 11 is 0. The van der Waals surface area contributed by atoms with E-state index >= 15 is 0 Å². The Morgan fingerprint density at radius 1 is 1.25 bits per heavy atom. The van der Waals surface area contributed by atoms with Crippen molar-refractivity contribution in [3.8, 4) is 5.75 Å². The number of carbonyl (C=O) groups is 1. The third-order valence-corrected chi connectivity index (χ3v) is 3.64. The number of aliphatic hydroxyl groups is 1. The minimum absolute atomic E-state index is 0.0305. The summed E-state index contributed by atoms with van der Waals surface area (Å²) in [6.45, 7) is 0. The molecule has 6 nitrogen and oxygen atoms in total. The molecule has 0 unspecified atom stereocenters. The smallest absolute Gasteiger partial charge is 0.461 e. The average Bonchev–Trinajstić information content (AvgIpc) is 2.60. The molecule has 0 spiro atoms. The van der Waals surface area contributed by atoms with Gasteiger partial charge in [-0.2, -0.15) is 22.0 Å². The number of amides is 1. The highest BCUT2D eigenvalue weighted by molar-refractivity contribution is 5.65. The Hall–Kier alpha value is -2.95. The van der Waals surface area contributed by atoms with Crippen LogP contribution in [0.5, 0.6) is 5.75 Å². The lowest BCUT2D eigenvalue weighted by molar-refractivity contribution is -0.253. The molecule has 0 bridgehead atoms. The predicted octanol–water partition coefficient (Wildman–Crippen LogP) is 3.37. The van der Waals surface area contributed by atoms with Crippen LogP contribution < -0.4 is 10.1 Å². The van der Waals surface area contributed by atoms with E-state index < -0.39 is 42.5 Å². The van der Waals surface area contributed by atoms with Crippen molar-refractivity contribution >= 4 is 6.09 Å². The molecule has 2 rings (SSSR count). The van der Waals surface area contributed by atoms with E-state index in [1.54, 1.807) is 0 Å². The van der Waals surface area contributed by atoms with Crippen molar-refractivity contribution in [2.24, 2.45) is 0 Å². The van der Waals surface area contributed by atoms with Gasteiger partial charge in [0.2, 0.25) is 5.95 Å². The van der Waals surface area contributed by atoms with Crippen LogP contribution in [0.1, 0.15) is 17.2 Å². The number of carboxylic acid groups (broad SMARTS) is 1. The number of pyridine rings is 1. The molecule has 0 aliphatic rings. The molecule has 3 N–H and O–H groups in total. The van der Waals surface area contributed by atoms with Gasteiger partial charge in [-0.1, -0.05) is 12.1 Å². The molecule has 0 saturated heterocycles. The van der Waals surface area contributed by atoms with E-state index in [-0.39, 0.29) is 17.5 Å². The van der Waals surface area contributed by atoms with E-state index in [0.29, 0.717) is 0 Å². The molecule has 11 heteroatoms. The maximum Gasteiger partial charge on any atom is 0.461 e. The van der Waals surface area contributed by atoms with E-state index in [2.05, 4.69) is 9.72 Å². The van der Waals surface area contributed by atoms with Gasteiger partial charge in [-0.15, -0.1) is 0 Å². The van der Waals surface area contributed by atoms with Gasteiger partial charge in [0.1, 0.15) is 5.75 Å². The van der Waals surface area contributed by atoms with Gasteiger partial charge in [0, 0.05) is 6.20 Å². The maximum atomic E-state index is 13.2. The summed E-state index contributed by atoms with van der Waals surface area (Å²) in [7, 11) is 0. The number of rotatable bonds is 8. The zero-order valence-electron chi connectivity index (χ0n) is 14.0.